The Morgan fingerprint density at radius 2 is 1.83 bits per heavy atom. The molecule has 0 aliphatic heterocycles. The Kier molecular flexibility index (Phi) is 5.94. The van der Waals surface area contributed by atoms with Crippen LogP contribution in [0.4, 0.5) is 8.78 Å². The number of ether oxygens (including phenoxy) is 1. The molecule has 0 radical (unpaired) electrons. The van der Waals surface area contributed by atoms with Crippen LogP contribution in [0.15, 0.2) is 53.4 Å². The molecule has 1 heterocycles. The molecule has 0 bridgehead atoms. The van der Waals surface area contributed by atoms with Crippen molar-refractivity contribution >= 4 is 27.0 Å². The molecule has 0 saturated heterocycles. The number of nitrogens with zero attached hydrogens (tertiary/aromatic N) is 2. The number of hydrogen-bond donors (Lipinski definition) is 1. The van der Waals surface area contributed by atoms with E-state index in [0.717, 1.165) is 4.57 Å². The number of sulfonamides is 1. The van der Waals surface area contributed by atoms with E-state index in [1.54, 1.807) is 25.1 Å². The zero-order valence-electron chi connectivity index (χ0n) is 15.7. The molecule has 10 heteroatoms. The standard InChI is InChI=1S/C19H19F2N3O4S/c1-3-22-29(26,27)14-10-8-13(9-11-14)18(25)28-12(2)17-23-15-6-4-5-7-16(15)24(17)19(20)21/h4-12,19,22H,3H2,1-2H3. The first-order valence-electron chi connectivity index (χ1n) is 8.80. The number of imidazole rings is 1. The highest BCUT2D eigenvalue weighted by Crippen LogP contribution is 2.28. The summed E-state index contributed by atoms with van der Waals surface area (Å²) in [5.41, 5.74) is 0.689. The third-order valence-electron chi connectivity index (χ3n) is 4.20. The quantitative estimate of drug-likeness (QED) is 0.586. The van der Waals surface area contributed by atoms with Gasteiger partial charge in [0.05, 0.1) is 21.5 Å². The Morgan fingerprint density at radius 1 is 1.17 bits per heavy atom. The van der Waals surface area contributed by atoms with E-state index in [1.165, 1.54) is 37.3 Å². The van der Waals surface area contributed by atoms with E-state index in [-0.39, 0.29) is 28.3 Å². The SMILES string of the molecule is CCNS(=O)(=O)c1ccc(C(=O)OC(C)c2nc3ccccc3n2C(F)F)cc1. The molecule has 2 aromatic carbocycles. The van der Waals surface area contributed by atoms with Gasteiger partial charge in [-0.3, -0.25) is 4.57 Å². The number of rotatable bonds is 7. The van der Waals surface area contributed by atoms with Gasteiger partial charge in [-0.2, -0.15) is 8.78 Å². The summed E-state index contributed by atoms with van der Waals surface area (Å²) < 4.78 is 59.4. The fourth-order valence-corrected chi connectivity index (χ4v) is 3.92. The van der Waals surface area contributed by atoms with Crippen LogP contribution in [0.25, 0.3) is 11.0 Å². The van der Waals surface area contributed by atoms with E-state index < -0.39 is 28.6 Å². The highest BCUT2D eigenvalue weighted by molar-refractivity contribution is 7.89. The second-order valence-electron chi connectivity index (χ2n) is 6.18. The van der Waals surface area contributed by atoms with Gasteiger partial charge in [-0.15, -0.1) is 0 Å². The van der Waals surface area contributed by atoms with Gasteiger partial charge in [0.15, 0.2) is 11.9 Å². The van der Waals surface area contributed by atoms with Crippen molar-refractivity contribution in [1.82, 2.24) is 14.3 Å². The average molecular weight is 423 g/mol. The van der Waals surface area contributed by atoms with Crippen molar-refractivity contribution in [2.45, 2.75) is 31.4 Å². The minimum Gasteiger partial charge on any atom is -0.451 e. The van der Waals surface area contributed by atoms with Crippen LogP contribution in [0, 0.1) is 0 Å². The fourth-order valence-electron chi connectivity index (χ4n) is 2.88. The number of esters is 1. The molecule has 0 fully saturated rings. The zero-order valence-corrected chi connectivity index (χ0v) is 16.5. The first-order chi connectivity index (χ1) is 13.7. The molecule has 1 N–H and O–H groups in total. The smallest absolute Gasteiger partial charge is 0.338 e. The number of carbonyl (C=O) groups is 1. The van der Waals surface area contributed by atoms with Crippen LogP contribution in [0.2, 0.25) is 0 Å². The summed E-state index contributed by atoms with van der Waals surface area (Å²) in [6.45, 7) is 0.475. The molecule has 3 aromatic rings. The number of para-hydroxylation sites is 2. The Morgan fingerprint density at radius 3 is 2.45 bits per heavy atom. The zero-order chi connectivity index (χ0) is 21.2. The van der Waals surface area contributed by atoms with Gasteiger partial charge < -0.3 is 4.74 Å². The second kappa shape index (κ2) is 8.26. The van der Waals surface area contributed by atoms with Crippen LogP contribution in [0.1, 0.15) is 42.7 Å². The topological polar surface area (TPSA) is 90.3 Å². The van der Waals surface area contributed by atoms with Crippen LogP contribution in [0.3, 0.4) is 0 Å². The molecule has 1 unspecified atom stereocenters. The molecule has 154 valence electrons. The summed E-state index contributed by atoms with van der Waals surface area (Å²) in [6.07, 6.45) is -1.05. The van der Waals surface area contributed by atoms with Crippen molar-refractivity contribution in [3.05, 3.63) is 59.9 Å². The minimum absolute atomic E-state index is 0.00319. The lowest BCUT2D eigenvalue weighted by Gasteiger charge is -2.15. The molecule has 0 aliphatic rings. The van der Waals surface area contributed by atoms with Crippen molar-refractivity contribution in [2.75, 3.05) is 6.54 Å². The fraction of sp³-hybridized carbons (Fsp3) is 0.263. The molecule has 1 atom stereocenters. The van der Waals surface area contributed by atoms with E-state index in [9.17, 15) is 22.0 Å². The lowest BCUT2D eigenvalue weighted by Crippen LogP contribution is -2.23. The van der Waals surface area contributed by atoms with E-state index >= 15 is 0 Å². The normalized spacial score (nSPS) is 13.0. The van der Waals surface area contributed by atoms with Crippen molar-refractivity contribution in [2.24, 2.45) is 0 Å². The predicted molar refractivity (Wildman–Crippen MR) is 102 cm³/mol. The van der Waals surface area contributed by atoms with Crippen LogP contribution in [-0.2, 0) is 14.8 Å². The summed E-state index contributed by atoms with van der Waals surface area (Å²) in [6, 6.07) is 11.5. The molecular weight excluding hydrogens is 404 g/mol. The summed E-state index contributed by atoms with van der Waals surface area (Å²) in [5, 5.41) is 0. The summed E-state index contributed by atoms with van der Waals surface area (Å²) in [4.78, 5) is 16.6. The molecule has 1 aromatic heterocycles. The highest BCUT2D eigenvalue weighted by Gasteiger charge is 2.25. The van der Waals surface area contributed by atoms with Gasteiger partial charge in [-0.1, -0.05) is 19.1 Å². The maximum absolute atomic E-state index is 13.6. The van der Waals surface area contributed by atoms with Crippen LogP contribution >= 0.6 is 0 Å². The Hall–Kier alpha value is -2.85. The van der Waals surface area contributed by atoms with Crippen molar-refractivity contribution in [1.29, 1.82) is 0 Å². The van der Waals surface area contributed by atoms with E-state index in [4.69, 9.17) is 4.74 Å². The molecule has 0 amide bonds. The number of hydrogen-bond acceptors (Lipinski definition) is 5. The van der Waals surface area contributed by atoms with Gasteiger partial charge in [-0.25, -0.2) is 22.9 Å². The predicted octanol–water partition coefficient (Wildman–Crippen LogP) is 3.65. The lowest BCUT2D eigenvalue weighted by molar-refractivity contribution is 0.0233. The number of carbonyl (C=O) groups excluding carboxylic acids is 1. The Labute approximate surface area is 166 Å². The third-order valence-corrected chi connectivity index (χ3v) is 5.76. The highest BCUT2D eigenvalue weighted by atomic mass is 32.2. The maximum atomic E-state index is 13.6. The molecule has 3 rings (SSSR count). The molecule has 0 aliphatic carbocycles. The third kappa shape index (κ3) is 4.28. The monoisotopic (exact) mass is 423 g/mol. The number of fused-ring (bicyclic) bond motifs is 1. The van der Waals surface area contributed by atoms with Crippen LogP contribution < -0.4 is 4.72 Å². The largest absolute Gasteiger partial charge is 0.451 e. The average Bonchev–Trinajstić information content (AvgIpc) is 3.08. The van der Waals surface area contributed by atoms with Gasteiger partial charge in [0.1, 0.15) is 0 Å². The van der Waals surface area contributed by atoms with E-state index in [1.807, 2.05) is 0 Å². The van der Waals surface area contributed by atoms with Crippen molar-refractivity contribution in [3.63, 3.8) is 0 Å². The summed E-state index contributed by atoms with van der Waals surface area (Å²) in [5.74, 6) is -0.862. The Balaban J connectivity index is 1.83. The van der Waals surface area contributed by atoms with Gasteiger partial charge in [0.2, 0.25) is 10.0 Å². The molecule has 7 nitrogen and oxygen atoms in total. The molecular formula is C19H19F2N3O4S. The van der Waals surface area contributed by atoms with Crippen molar-refractivity contribution in [3.8, 4) is 0 Å². The number of benzene rings is 2. The second-order valence-corrected chi connectivity index (χ2v) is 7.95. The van der Waals surface area contributed by atoms with Gasteiger partial charge >= 0.3 is 12.5 Å². The van der Waals surface area contributed by atoms with Gasteiger partial charge in [0.25, 0.3) is 0 Å². The van der Waals surface area contributed by atoms with E-state index in [0.29, 0.717) is 5.52 Å². The number of nitrogens with one attached hydrogen (secondary N) is 1. The number of aromatic nitrogens is 2. The summed E-state index contributed by atoms with van der Waals surface area (Å²) >= 11 is 0. The lowest BCUT2D eigenvalue weighted by atomic mass is 10.2. The van der Waals surface area contributed by atoms with Crippen molar-refractivity contribution < 1.29 is 26.7 Å². The van der Waals surface area contributed by atoms with Gasteiger partial charge in [0, 0.05) is 6.54 Å². The number of alkyl halides is 2. The molecule has 29 heavy (non-hydrogen) atoms. The molecule has 0 saturated carbocycles. The van der Waals surface area contributed by atoms with Gasteiger partial charge in [-0.05, 0) is 43.3 Å². The maximum Gasteiger partial charge on any atom is 0.338 e. The van der Waals surface area contributed by atoms with Crippen LogP contribution in [0.5, 0.6) is 0 Å². The summed E-state index contributed by atoms with van der Waals surface area (Å²) in [7, 11) is -3.65. The Bertz CT molecular complexity index is 1130. The number of halogens is 2. The van der Waals surface area contributed by atoms with Crippen LogP contribution in [-0.4, -0.2) is 30.5 Å². The molecule has 0 spiro atoms. The first-order valence-corrected chi connectivity index (χ1v) is 10.3. The first kappa shape index (κ1) is 20.9. The van der Waals surface area contributed by atoms with E-state index in [2.05, 4.69) is 9.71 Å². The minimum atomic E-state index is -3.65.